The SMILES string of the molecule is O=[N+]([O-])c1cccc([C@H]2CC(c3ccco3)=NN2c2nc(-c3ccccc3)c3cc(Cl)ccc3n2)c1. The summed E-state index contributed by atoms with van der Waals surface area (Å²) in [5.74, 6) is 1.01. The van der Waals surface area contributed by atoms with Gasteiger partial charge in [-0.15, -0.1) is 0 Å². The van der Waals surface area contributed by atoms with Gasteiger partial charge in [0, 0.05) is 34.5 Å². The molecule has 5 aromatic rings. The van der Waals surface area contributed by atoms with E-state index in [0.29, 0.717) is 34.4 Å². The van der Waals surface area contributed by atoms with Crippen LogP contribution in [0.25, 0.3) is 22.2 Å². The van der Waals surface area contributed by atoms with Crippen molar-refractivity contribution in [1.82, 2.24) is 9.97 Å². The standard InChI is InChI=1S/C27H18ClN5O3/c28-19-11-12-22-21(15-19)26(17-6-2-1-3-7-17)30-27(29-22)32-24(16-23(31-32)25-10-5-13-36-25)18-8-4-9-20(14-18)33(34)35/h1-15,24H,16H2/t24-/m1/s1. The number of non-ortho nitro benzene ring substituents is 1. The molecular weight excluding hydrogens is 478 g/mol. The lowest BCUT2D eigenvalue weighted by Crippen LogP contribution is -2.21. The van der Waals surface area contributed by atoms with E-state index in [-0.39, 0.29) is 11.7 Å². The van der Waals surface area contributed by atoms with E-state index in [1.165, 1.54) is 6.07 Å². The number of furan rings is 1. The molecule has 1 aliphatic heterocycles. The Morgan fingerprint density at radius 1 is 0.972 bits per heavy atom. The summed E-state index contributed by atoms with van der Waals surface area (Å²) in [6.07, 6.45) is 2.06. The molecule has 0 saturated carbocycles. The molecule has 0 aliphatic carbocycles. The van der Waals surface area contributed by atoms with E-state index in [1.807, 2.05) is 54.6 Å². The van der Waals surface area contributed by atoms with Gasteiger partial charge in [-0.3, -0.25) is 10.1 Å². The van der Waals surface area contributed by atoms with Gasteiger partial charge < -0.3 is 4.42 Å². The summed E-state index contributed by atoms with van der Waals surface area (Å²) < 4.78 is 5.60. The number of halogens is 1. The summed E-state index contributed by atoms with van der Waals surface area (Å²) in [5, 5.41) is 19.4. The highest BCUT2D eigenvalue weighted by Crippen LogP contribution is 2.38. The molecule has 9 heteroatoms. The molecule has 0 saturated heterocycles. The number of hydrazone groups is 1. The van der Waals surface area contributed by atoms with E-state index in [2.05, 4.69) is 0 Å². The van der Waals surface area contributed by atoms with Gasteiger partial charge in [0.15, 0.2) is 0 Å². The van der Waals surface area contributed by atoms with Crippen LogP contribution in [0.4, 0.5) is 11.6 Å². The lowest BCUT2D eigenvalue weighted by molar-refractivity contribution is -0.384. The van der Waals surface area contributed by atoms with Crippen LogP contribution >= 0.6 is 11.6 Å². The van der Waals surface area contributed by atoms with Gasteiger partial charge in [0.05, 0.1) is 28.4 Å². The van der Waals surface area contributed by atoms with Crippen molar-refractivity contribution in [2.24, 2.45) is 5.10 Å². The molecule has 36 heavy (non-hydrogen) atoms. The largest absolute Gasteiger partial charge is 0.463 e. The normalized spacial score (nSPS) is 15.3. The zero-order chi connectivity index (χ0) is 24.6. The molecule has 176 valence electrons. The smallest absolute Gasteiger partial charge is 0.269 e. The summed E-state index contributed by atoms with van der Waals surface area (Å²) in [4.78, 5) is 20.8. The molecule has 1 aliphatic rings. The Kier molecular flexibility index (Phi) is 5.42. The zero-order valence-corrected chi connectivity index (χ0v) is 19.5. The van der Waals surface area contributed by atoms with Gasteiger partial charge in [0.2, 0.25) is 5.95 Å². The third kappa shape index (κ3) is 3.97. The number of hydrogen-bond acceptors (Lipinski definition) is 7. The van der Waals surface area contributed by atoms with Crippen molar-refractivity contribution in [3.05, 3.63) is 118 Å². The molecule has 3 heterocycles. The van der Waals surface area contributed by atoms with E-state index < -0.39 is 4.92 Å². The Balaban J connectivity index is 1.54. The van der Waals surface area contributed by atoms with Crippen LogP contribution in [0, 0.1) is 10.1 Å². The first-order valence-corrected chi connectivity index (χ1v) is 11.6. The molecule has 8 nitrogen and oxygen atoms in total. The quantitative estimate of drug-likeness (QED) is 0.196. The first-order valence-electron chi connectivity index (χ1n) is 11.2. The van der Waals surface area contributed by atoms with Crippen LogP contribution in [0.3, 0.4) is 0 Å². The van der Waals surface area contributed by atoms with Crippen LogP contribution in [-0.2, 0) is 0 Å². The lowest BCUT2D eigenvalue weighted by Gasteiger charge is -2.23. The third-order valence-corrected chi connectivity index (χ3v) is 6.31. The predicted octanol–water partition coefficient (Wildman–Crippen LogP) is 6.81. The number of aromatic nitrogens is 2. The Hall–Kier alpha value is -4.56. The monoisotopic (exact) mass is 495 g/mol. The first-order chi connectivity index (χ1) is 17.6. The van der Waals surface area contributed by atoms with Crippen LogP contribution in [0.2, 0.25) is 5.02 Å². The minimum atomic E-state index is -0.402. The minimum absolute atomic E-state index is 0.0120. The van der Waals surface area contributed by atoms with Gasteiger partial charge in [-0.05, 0) is 35.9 Å². The van der Waals surface area contributed by atoms with E-state index >= 15 is 0 Å². The first kappa shape index (κ1) is 21.9. The Morgan fingerprint density at radius 3 is 2.61 bits per heavy atom. The Morgan fingerprint density at radius 2 is 1.83 bits per heavy atom. The maximum atomic E-state index is 11.5. The molecule has 0 radical (unpaired) electrons. The number of rotatable bonds is 5. The van der Waals surface area contributed by atoms with Crippen molar-refractivity contribution in [1.29, 1.82) is 0 Å². The molecule has 0 unspecified atom stereocenters. The fraction of sp³-hybridized carbons (Fsp3) is 0.0741. The number of benzene rings is 3. The van der Waals surface area contributed by atoms with Crippen LogP contribution in [0.15, 0.2) is 101 Å². The highest BCUT2D eigenvalue weighted by molar-refractivity contribution is 6.31. The summed E-state index contributed by atoms with van der Waals surface area (Å²) in [6.45, 7) is 0. The van der Waals surface area contributed by atoms with E-state index in [9.17, 15) is 10.1 Å². The average molecular weight is 496 g/mol. The van der Waals surface area contributed by atoms with Crippen molar-refractivity contribution < 1.29 is 9.34 Å². The lowest BCUT2D eigenvalue weighted by atomic mass is 10.0. The number of nitro groups is 1. The van der Waals surface area contributed by atoms with E-state index in [4.69, 9.17) is 31.1 Å². The van der Waals surface area contributed by atoms with Crippen molar-refractivity contribution in [3.63, 3.8) is 0 Å². The van der Waals surface area contributed by atoms with Crippen molar-refractivity contribution in [3.8, 4) is 11.3 Å². The van der Waals surface area contributed by atoms with Crippen LogP contribution < -0.4 is 5.01 Å². The molecule has 1 atom stereocenters. The van der Waals surface area contributed by atoms with Crippen LogP contribution in [0.1, 0.15) is 23.8 Å². The zero-order valence-electron chi connectivity index (χ0n) is 18.8. The fourth-order valence-corrected chi connectivity index (χ4v) is 4.57. The number of nitro benzene ring substituents is 1. The summed E-state index contributed by atoms with van der Waals surface area (Å²) in [7, 11) is 0. The second-order valence-corrected chi connectivity index (χ2v) is 8.78. The summed E-state index contributed by atoms with van der Waals surface area (Å²) >= 11 is 6.31. The van der Waals surface area contributed by atoms with Gasteiger partial charge in [-0.1, -0.05) is 54.1 Å². The topological polar surface area (TPSA) is 97.7 Å². The summed E-state index contributed by atoms with van der Waals surface area (Å²) in [6, 6.07) is 25.1. The van der Waals surface area contributed by atoms with E-state index in [0.717, 1.165) is 22.2 Å². The number of anilines is 1. The summed E-state index contributed by atoms with van der Waals surface area (Å²) in [5.41, 5.74) is 3.79. The van der Waals surface area contributed by atoms with Crippen molar-refractivity contribution >= 4 is 39.9 Å². The average Bonchev–Trinajstić information content (AvgIpc) is 3.59. The molecule has 0 spiro atoms. The molecule has 0 N–H and O–H groups in total. The van der Waals surface area contributed by atoms with Crippen LogP contribution in [-0.4, -0.2) is 20.6 Å². The number of fused-ring (bicyclic) bond motifs is 1. The van der Waals surface area contributed by atoms with Gasteiger partial charge in [-0.25, -0.2) is 15.0 Å². The second-order valence-electron chi connectivity index (χ2n) is 8.34. The fourth-order valence-electron chi connectivity index (χ4n) is 4.40. The van der Waals surface area contributed by atoms with Gasteiger partial charge in [-0.2, -0.15) is 5.10 Å². The number of nitrogens with zero attached hydrogens (tertiary/aromatic N) is 5. The second kappa shape index (κ2) is 8.90. The Bertz CT molecular complexity index is 1620. The molecular formula is C27H18ClN5O3. The minimum Gasteiger partial charge on any atom is -0.463 e. The predicted molar refractivity (Wildman–Crippen MR) is 138 cm³/mol. The maximum Gasteiger partial charge on any atom is 0.269 e. The highest BCUT2D eigenvalue weighted by Gasteiger charge is 2.34. The van der Waals surface area contributed by atoms with Crippen molar-refractivity contribution in [2.45, 2.75) is 12.5 Å². The van der Waals surface area contributed by atoms with Gasteiger partial charge in [0.25, 0.3) is 5.69 Å². The molecule has 6 rings (SSSR count). The van der Waals surface area contributed by atoms with Crippen LogP contribution in [0.5, 0.6) is 0 Å². The molecule has 3 aromatic carbocycles. The molecule has 2 aromatic heterocycles. The highest BCUT2D eigenvalue weighted by atomic mass is 35.5. The Labute approximate surface area is 210 Å². The maximum absolute atomic E-state index is 11.5. The molecule has 0 amide bonds. The molecule has 0 bridgehead atoms. The van der Waals surface area contributed by atoms with E-state index in [1.54, 1.807) is 35.5 Å². The van der Waals surface area contributed by atoms with Gasteiger partial charge >= 0.3 is 0 Å². The number of hydrogen-bond donors (Lipinski definition) is 0. The van der Waals surface area contributed by atoms with Crippen molar-refractivity contribution in [2.75, 3.05) is 5.01 Å². The van der Waals surface area contributed by atoms with Gasteiger partial charge in [0.1, 0.15) is 11.5 Å². The third-order valence-electron chi connectivity index (χ3n) is 6.08. The molecule has 0 fully saturated rings.